The first-order valence-electron chi connectivity index (χ1n) is 6.52. The number of nitrogens with two attached hydrogens (primary N) is 1. The monoisotopic (exact) mass is 323 g/mol. The zero-order valence-electron chi connectivity index (χ0n) is 12.0. The first kappa shape index (κ1) is 15.7. The van der Waals surface area contributed by atoms with Gasteiger partial charge in [0.05, 0.1) is 12.1 Å². The van der Waals surface area contributed by atoms with Crippen LogP contribution in [0.15, 0.2) is 40.0 Å². The van der Waals surface area contributed by atoms with Gasteiger partial charge in [0, 0.05) is 18.2 Å². The molecular weight excluding hydrogens is 306 g/mol. The molecule has 0 aliphatic heterocycles. The van der Waals surface area contributed by atoms with Crippen LogP contribution in [0.3, 0.4) is 0 Å². The van der Waals surface area contributed by atoms with Gasteiger partial charge >= 0.3 is 0 Å². The van der Waals surface area contributed by atoms with Crippen molar-refractivity contribution in [1.29, 1.82) is 0 Å². The van der Waals surface area contributed by atoms with Gasteiger partial charge in [0.1, 0.15) is 5.75 Å². The van der Waals surface area contributed by atoms with Gasteiger partial charge in [-0.1, -0.05) is 18.5 Å². The summed E-state index contributed by atoms with van der Waals surface area (Å²) in [4.78, 5) is 4.36. The van der Waals surface area contributed by atoms with E-state index < -0.39 is 0 Å². The van der Waals surface area contributed by atoms with Gasteiger partial charge in [0.2, 0.25) is 0 Å². The fourth-order valence-corrected chi connectivity index (χ4v) is 2.87. The lowest BCUT2D eigenvalue weighted by molar-refractivity contribution is 0.415. The van der Waals surface area contributed by atoms with Crippen molar-refractivity contribution in [2.24, 2.45) is 10.7 Å². The maximum Gasteiger partial charge on any atom is 0.193 e. The van der Waals surface area contributed by atoms with Crippen LogP contribution in [0, 0.1) is 0 Å². The lowest BCUT2D eigenvalue weighted by Crippen LogP contribution is -2.23. The van der Waals surface area contributed by atoms with Crippen molar-refractivity contribution in [3.05, 3.63) is 45.6 Å². The van der Waals surface area contributed by atoms with Gasteiger partial charge in [-0.3, -0.25) is 4.99 Å². The molecule has 0 saturated heterocycles. The third-order valence-corrected chi connectivity index (χ3v) is 4.07. The average molecular weight is 324 g/mol. The molecular formula is C15H18ClN3OS. The van der Waals surface area contributed by atoms with Crippen molar-refractivity contribution in [1.82, 2.24) is 0 Å². The van der Waals surface area contributed by atoms with Crippen LogP contribution in [0.4, 0.5) is 5.69 Å². The van der Waals surface area contributed by atoms with E-state index in [0.29, 0.717) is 29.2 Å². The zero-order chi connectivity index (χ0) is 15.2. The number of ether oxygens (including phenoxy) is 1. The van der Waals surface area contributed by atoms with E-state index in [4.69, 9.17) is 22.1 Å². The Morgan fingerprint density at radius 1 is 1.48 bits per heavy atom. The topological polar surface area (TPSA) is 59.6 Å². The van der Waals surface area contributed by atoms with E-state index in [1.807, 2.05) is 6.07 Å². The quantitative estimate of drug-likeness (QED) is 0.647. The molecule has 4 nitrogen and oxygen atoms in total. The number of aliphatic imine (C=N–C) groups is 1. The third-order valence-electron chi connectivity index (χ3n) is 3.07. The summed E-state index contributed by atoms with van der Waals surface area (Å²) < 4.78 is 5.11. The molecule has 0 saturated carbocycles. The maximum atomic E-state index is 6.06. The van der Waals surface area contributed by atoms with Crippen LogP contribution >= 0.6 is 22.9 Å². The summed E-state index contributed by atoms with van der Waals surface area (Å²) in [5.74, 6) is 1.35. The smallest absolute Gasteiger partial charge is 0.193 e. The summed E-state index contributed by atoms with van der Waals surface area (Å²) in [5.41, 5.74) is 7.96. The largest absolute Gasteiger partial charge is 0.495 e. The minimum Gasteiger partial charge on any atom is -0.495 e. The molecule has 112 valence electrons. The number of guanidine groups is 1. The van der Waals surface area contributed by atoms with Gasteiger partial charge in [-0.05, 0) is 40.6 Å². The van der Waals surface area contributed by atoms with Crippen LogP contribution < -0.4 is 15.8 Å². The Hall–Kier alpha value is -1.72. The van der Waals surface area contributed by atoms with Crippen LogP contribution in [-0.2, 0) is 0 Å². The van der Waals surface area contributed by atoms with E-state index in [1.165, 1.54) is 5.56 Å². The highest BCUT2D eigenvalue weighted by Gasteiger charge is 2.06. The molecule has 1 heterocycles. The standard InChI is InChI=1S/C15H18ClN3OS/c1-10(11-5-6-21-9-11)8-18-15(17)19-12-3-4-14(20-2)13(16)7-12/h3-7,9-10H,8H2,1-2H3,(H3,17,18,19). The Kier molecular flexibility index (Phi) is 5.47. The Morgan fingerprint density at radius 3 is 2.90 bits per heavy atom. The number of hydrogen-bond acceptors (Lipinski definition) is 3. The molecule has 0 bridgehead atoms. The maximum absolute atomic E-state index is 6.06. The highest BCUT2D eigenvalue weighted by atomic mass is 35.5. The molecule has 0 amide bonds. The van der Waals surface area contributed by atoms with E-state index in [0.717, 1.165) is 5.69 Å². The second-order valence-electron chi connectivity index (χ2n) is 4.66. The normalized spacial score (nSPS) is 13.0. The molecule has 0 aliphatic carbocycles. The number of methoxy groups -OCH3 is 1. The molecule has 3 N–H and O–H groups in total. The van der Waals surface area contributed by atoms with Gasteiger partial charge < -0.3 is 15.8 Å². The molecule has 1 atom stereocenters. The molecule has 0 radical (unpaired) electrons. The fraction of sp³-hybridized carbons (Fsp3) is 0.267. The van der Waals surface area contributed by atoms with E-state index in [-0.39, 0.29) is 0 Å². The summed E-state index contributed by atoms with van der Waals surface area (Å²) in [7, 11) is 1.58. The van der Waals surface area contributed by atoms with E-state index in [1.54, 1.807) is 30.6 Å². The van der Waals surface area contributed by atoms with Crippen LogP contribution in [0.25, 0.3) is 0 Å². The van der Waals surface area contributed by atoms with Gasteiger partial charge in [-0.15, -0.1) is 0 Å². The number of benzene rings is 1. The van der Waals surface area contributed by atoms with Crippen molar-refractivity contribution in [2.75, 3.05) is 19.0 Å². The Balaban J connectivity index is 1.96. The zero-order valence-corrected chi connectivity index (χ0v) is 13.5. The van der Waals surface area contributed by atoms with Crippen molar-refractivity contribution in [2.45, 2.75) is 12.8 Å². The molecule has 0 fully saturated rings. The summed E-state index contributed by atoms with van der Waals surface area (Å²) in [5, 5.41) is 7.75. The first-order valence-corrected chi connectivity index (χ1v) is 7.85. The van der Waals surface area contributed by atoms with Crippen LogP contribution in [0.1, 0.15) is 18.4 Å². The van der Waals surface area contributed by atoms with Crippen molar-refractivity contribution >= 4 is 34.6 Å². The number of nitrogens with one attached hydrogen (secondary N) is 1. The minimum absolute atomic E-state index is 0.344. The van der Waals surface area contributed by atoms with Crippen LogP contribution in [-0.4, -0.2) is 19.6 Å². The summed E-state index contributed by atoms with van der Waals surface area (Å²) in [6.45, 7) is 2.77. The lowest BCUT2D eigenvalue weighted by atomic mass is 10.1. The summed E-state index contributed by atoms with van der Waals surface area (Å²) in [6, 6.07) is 7.49. The second-order valence-corrected chi connectivity index (χ2v) is 5.85. The molecule has 1 aromatic heterocycles. The number of halogens is 1. The first-order chi connectivity index (χ1) is 10.1. The SMILES string of the molecule is COc1ccc(NC(N)=NCC(C)c2ccsc2)cc1Cl. The van der Waals surface area contributed by atoms with E-state index in [9.17, 15) is 0 Å². The van der Waals surface area contributed by atoms with E-state index in [2.05, 4.69) is 34.1 Å². The highest BCUT2D eigenvalue weighted by molar-refractivity contribution is 7.07. The molecule has 2 rings (SSSR count). The van der Waals surface area contributed by atoms with Gasteiger partial charge in [0.15, 0.2) is 5.96 Å². The van der Waals surface area contributed by atoms with Crippen LogP contribution in [0.5, 0.6) is 5.75 Å². The minimum atomic E-state index is 0.344. The average Bonchev–Trinajstić information content (AvgIpc) is 2.99. The van der Waals surface area contributed by atoms with E-state index >= 15 is 0 Å². The Labute approximate surface area is 133 Å². The Morgan fingerprint density at radius 2 is 2.29 bits per heavy atom. The molecule has 1 unspecified atom stereocenters. The number of rotatable bonds is 5. The summed E-state index contributed by atoms with van der Waals surface area (Å²) in [6.07, 6.45) is 0. The number of thiophene rings is 1. The molecule has 0 spiro atoms. The highest BCUT2D eigenvalue weighted by Crippen LogP contribution is 2.27. The summed E-state index contributed by atoms with van der Waals surface area (Å²) >= 11 is 7.75. The number of nitrogens with zero attached hydrogens (tertiary/aromatic N) is 1. The second kappa shape index (κ2) is 7.33. The number of hydrogen-bond donors (Lipinski definition) is 2. The van der Waals surface area contributed by atoms with Gasteiger partial charge in [-0.2, -0.15) is 11.3 Å². The van der Waals surface area contributed by atoms with Crippen LogP contribution in [0.2, 0.25) is 5.02 Å². The Bertz CT molecular complexity index is 613. The predicted octanol–water partition coefficient (Wildman–Crippen LogP) is 3.94. The molecule has 21 heavy (non-hydrogen) atoms. The van der Waals surface area contributed by atoms with Gasteiger partial charge in [-0.25, -0.2) is 0 Å². The predicted molar refractivity (Wildman–Crippen MR) is 90.9 cm³/mol. The number of anilines is 1. The molecule has 6 heteroatoms. The molecule has 2 aromatic rings. The van der Waals surface area contributed by atoms with Crippen molar-refractivity contribution in [3.63, 3.8) is 0 Å². The van der Waals surface area contributed by atoms with Crippen molar-refractivity contribution < 1.29 is 4.74 Å². The fourth-order valence-electron chi connectivity index (χ4n) is 1.83. The molecule has 0 aliphatic rings. The van der Waals surface area contributed by atoms with Gasteiger partial charge in [0.25, 0.3) is 0 Å². The van der Waals surface area contributed by atoms with Crippen molar-refractivity contribution in [3.8, 4) is 5.75 Å². The molecule has 1 aromatic carbocycles. The third kappa shape index (κ3) is 4.37. The lowest BCUT2D eigenvalue weighted by Gasteiger charge is -2.10.